The molecule has 0 atom stereocenters. The van der Waals surface area contributed by atoms with E-state index in [1.165, 1.54) is 6.07 Å². The molecule has 0 radical (unpaired) electrons. The van der Waals surface area contributed by atoms with Crippen LogP contribution in [0.3, 0.4) is 0 Å². The third-order valence-electron chi connectivity index (χ3n) is 5.26. The summed E-state index contributed by atoms with van der Waals surface area (Å²) < 4.78 is 13.6. The first-order valence-electron chi connectivity index (χ1n) is 10.1. The van der Waals surface area contributed by atoms with Crippen LogP contribution in [-0.2, 0) is 16.8 Å². The number of nitrogens with one attached hydrogen (secondary N) is 3. The second-order valence-corrected chi connectivity index (χ2v) is 7.57. The average Bonchev–Trinajstić information content (AvgIpc) is 3.50. The Hall–Kier alpha value is -2.89. The van der Waals surface area contributed by atoms with Crippen LogP contribution in [0.2, 0.25) is 0 Å². The fourth-order valence-corrected chi connectivity index (χ4v) is 3.41. The normalized spacial score (nSPS) is 14.9. The van der Waals surface area contributed by atoms with Crippen molar-refractivity contribution in [2.75, 3.05) is 18.9 Å². The van der Waals surface area contributed by atoms with Crippen LogP contribution in [0.5, 0.6) is 0 Å². The number of carbonyl (C=O) groups excluding carboxylic acids is 1. The van der Waals surface area contributed by atoms with Crippen LogP contribution in [-0.4, -0.2) is 25.5 Å². The molecule has 0 saturated heterocycles. The number of benzene rings is 2. The molecule has 0 spiro atoms. The number of nitrogens with zero attached hydrogens (tertiary/aromatic N) is 1. The number of hydrogen-bond acceptors (Lipinski definition) is 2. The Morgan fingerprint density at radius 2 is 1.93 bits per heavy atom. The van der Waals surface area contributed by atoms with Gasteiger partial charge in [-0.05, 0) is 54.7 Å². The van der Waals surface area contributed by atoms with Crippen LogP contribution in [0.15, 0.2) is 53.5 Å². The third-order valence-corrected chi connectivity index (χ3v) is 5.26. The standard InChI is InChI=1S/C23H29FN4O/c1-3-6-21(29)28-20-10-4-7-17(13-20)15-26-22(25-2)27-16-23(11-12-23)18-8-5-9-19(24)14-18/h4-5,7-10,13-14H,3,6,11-12,15-16H2,1-2H3,(H,28,29)(H2,25,26,27). The van der Waals surface area contributed by atoms with Crippen LogP contribution in [0.25, 0.3) is 0 Å². The molecule has 6 heteroatoms. The van der Waals surface area contributed by atoms with Crippen LogP contribution in [0.4, 0.5) is 10.1 Å². The maximum atomic E-state index is 13.6. The first-order chi connectivity index (χ1) is 14.0. The van der Waals surface area contributed by atoms with Gasteiger partial charge in [-0.3, -0.25) is 9.79 Å². The molecular formula is C23H29FN4O. The molecule has 3 rings (SSSR count). The molecule has 154 valence electrons. The van der Waals surface area contributed by atoms with E-state index in [1.54, 1.807) is 19.2 Å². The molecule has 0 heterocycles. The summed E-state index contributed by atoms with van der Waals surface area (Å²) in [4.78, 5) is 16.1. The number of amides is 1. The minimum absolute atomic E-state index is 0.0107. The number of rotatable bonds is 8. The number of hydrogen-bond donors (Lipinski definition) is 3. The Kier molecular flexibility index (Phi) is 6.86. The van der Waals surface area contributed by atoms with Crippen molar-refractivity contribution in [2.24, 2.45) is 4.99 Å². The molecule has 0 aromatic heterocycles. The lowest BCUT2D eigenvalue weighted by Crippen LogP contribution is -2.40. The molecule has 0 unspecified atom stereocenters. The lowest BCUT2D eigenvalue weighted by molar-refractivity contribution is -0.116. The topological polar surface area (TPSA) is 65.5 Å². The first-order valence-corrected chi connectivity index (χ1v) is 10.1. The van der Waals surface area contributed by atoms with E-state index in [2.05, 4.69) is 20.9 Å². The summed E-state index contributed by atoms with van der Waals surface area (Å²) in [7, 11) is 1.73. The second kappa shape index (κ2) is 9.54. The van der Waals surface area contributed by atoms with Gasteiger partial charge >= 0.3 is 0 Å². The average molecular weight is 397 g/mol. The Balaban J connectivity index is 1.53. The molecule has 5 nitrogen and oxygen atoms in total. The molecule has 1 amide bonds. The Morgan fingerprint density at radius 1 is 1.14 bits per heavy atom. The van der Waals surface area contributed by atoms with Gasteiger partial charge in [0.05, 0.1) is 0 Å². The lowest BCUT2D eigenvalue weighted by Gasteiger charge is -2.19. The number of anilines is 1. The molecule has 3 N–H and O–H groups in total. The first kappa shape index (κ1) is 20.8. The fraction of sp³-hybridized carbons (Fsp3) is 0.391. The lowest BCUT2D eigenvalue weighted by atomic mass is 9.96. The van der Waals surface area contributed by atoms with Crippen molar-refractivity contribution in [3.8, 4) is 0 Å². The van der Waals surface area contributed by atoms with E-state index in [0.29, 0.717) is 25.5 Å². The number of aliphatic imine (C=N–C) groups is 1. The predicted octanol–water partition coefficient (Wildman–Crippen LogP) is 3.96. The molecule has 1 aliphatic rings. The summed E-state index contributed by atoms with van der Waals surface area (Å²) >= 11 is 0. The Bertz CT molecular complexity index is 877. The van der Waals surface area contributed by atoms with E-state index in [0.717, 1.165) is 36.1 Å². The summed E-state index contributed by atoms with van der Waals surface area (Å²) in [5.41, 5.74) is 2.88. The van der Waals surface area contributed by atoms with Crippen molar-refractivity contribution in [3.63, 3.8) is 0 Å². The SMILES string of the molecule is CCCC(=O)Nc1cccc(CNC(=NC)NCC2(c3cccc(F)c3)CC2)c1. The smallest absolute Gasteiger partial charge is 0.224 e. The quantitative estimate of drug-likeness (QED) is 0.467. The highest BCUT2D eigenvalue weighted by Gasteiger charge is 2.44. The molecule has 1 saturated carbocycles. The van der Waals surface area contributed by atoms with Gasteiger partial charge in [0, 0.05) is 37.7 Å². The van der Waals surface area contributed by atoms with Crippen molar-refractivity contribution >= 4 is 17.6 Å². The van der Waals surface area contributed by atoms with Gasteiger partial charge < -0.3 is 16.0 Å². The van der Waals surface area contributed by atoms with E-state index in [1.807, 2.05) is 37.3 Å². The van der Waals surface area contributed by atoms with Gasteiger partial charge in [0.25, 0.3) is 0 Å². The molecule has 2 aromatic rings. The predicted molar refractivity (Wildman–Crippen MR) is 115 cm³/mol. The summed E-state index contributed by atoms with van der Waals surface area (Å²) in [5.74, 6) is 0.539. The number of guanidine groups is 1. The molecule has 1 aliphatic carbocycles. The highest BCUT2D eigenvalue weighted by atomic mass is 19.1. The summed E-state index contributed by atoms with van der Waals surface area (Å²) in [6.07, 6.45) is 3.43. The van der Waals surface area contributed by atoms with E-state index < -0.39 is 0 Å². The zero-order chi connectivity index (χ0) is 20.7. The zero-order valence-corrected chi connectivity index (χ0v) is 17.1. The van der Waals surface area contributed by atoms with Gasteiger partial charge in [0.2, 0.25) is 5.91 Å². The molecule has 2 aromatic carbocycles. The monoisotopic (exact) mass is 396 g/mol. The zero-order valence-electron chi connectivity index (χ0n) is 17.1. The Labute approximate surface area is 171 Å². The highest BCUT2D eigenvalue weighted by molar-refractivity contribution is 5.90. The van der Waals surface area contributed by atoms with E-state index >= 15 is 0 Å². The molecule has 29 heavy (non-hydrogen) atoms. The highest BCUT2D eigenvalue weighted by Crippen LogP contribution is 2.47. The second-order valence-electron chi connectivity index (χ2n) is 7.57. The van der Waals surface area contributed by atoms with Crippen LogP contribution in [0, 0.1) is 5.82 Å². The Morgan fingerprint density at radius 3 is 2.62 bits per heavy atom. The molecule has 0 bridgehead atoms. The van der Waals surface area contributed by atoms with Crippen molar-refractivity contribution < 1.29 is 9.18 Å². The summed E-state index contributed by atoms with van der Waals surface area (Å²) in [6.45, 7) is 3.28. The molecule has 0 aliphatic heterocycles. The van der Waals surface area contributed by atoms with Crippen molar-refractivity contribution in [1.29, 1.82) is 0 Å². The van der Waals surface area contributed by atoms with Crippen LogP contribution < -0.4 is 16.0 Å². The van der Waals surface area contributed by atoms with Crippen LogP contribution >= 0.6 is 0 Å². The minimum Gasteiger partial charge on any atom is -0.356 e. The summed E-state index contributed by atoms with van der Waals surface area (Å²) in [6, 6.07) is 14.7. The van der Waals surface area contributed by atoms with Gasteiger partial charge in [-0.25, -0.2) is 4.39 Å². The van der Waals surface area contributed by atoms with Gasteiger partial charge in [0.1, 0.15) is 5.82 Å². The third kappa shape index (κ3) is 5.79. The van der Waals surface area contributed by atoms with Crippen molar-refractivity contribution in [2.45, 2.75) is 44.6 Å². The maximum absolute atomic E-state index is 13.6. The van der Waals surface area contributed by atoms with Gasteiger partial charge in [-0.2, -0.15) is 0 Å². The molecule has 1 fully saturated rings. The van der Waals surface area contributed by atoms with E-state index in [-0.39, 0.29) is 17.1 Å². The van der Waals surface area contributed by atoms with E-state index in [4.69, 9.17) is 0 Å². The largest absolute Gasteiger partial charge is 0.356 e. The minimum atomic E-state index is -0.192. The van der Waals surface area contributed by atoms with Gasteiger partial charge in [-0.15, -0.1) is 0 Å². The van der Waals surface area contributed by atoms with Crippen LogP contribution in [0.1, 0.15) is 43.7 Å². The number of carbonyl (C=O) groups is 1. The molecular weight excluding hydrogens is 367 g/mol. The summed E-state index contributed by atoms with van der Waals surface area (Å²) in [5, 5.41) is 9.60. The van der Waals surface area contributed by atoms with E-state index in [9.17, 15) is 9.18 Å². The number of halogens is 1. The van der Waals surface area contributed by atoms with Gasteiger partial charge in [0.15, 0.2) is 5.96 Å². The van der Waals surface area contributed by atoms with Crippen molar-refractivity contribution in [1.82, 2.24) is 10.6 Å². The van der Waals surface area contributed by atoms with Crippen molar-refractivity contribution in [3.05, 3.63) is 65.5 Å². The maximum Gasteiger partial charge on any atom is 0.224 e. The fourth-order valence-electron chi connectivity index (χ4n) is 3.41. The van der Waals surface area contributed by atoms with Gasteiger partial charge in [-0.1, -0.05) is 31.2 Å².